The molecule has 0 bridgehead atoms. The van der Waals surface area contributed by atoms with Crippen molar-refractivity contribution in [1.29, 1.82) is 0 Å². The minimum absolute atomic E-state index is 0.352. The Kier molecular flexibility index (Phi) is 6.76. The van der Waals surface area contributed by atoms with Gasteiger partial charge in [0.15, 0.2) is 0 Å². The Morgan fingerprint density at radius 2 is 2.00 bits per heavy atom. The van der Waals surface area contributed by atoms with Crippen LogP contribution in [0.1, 0.15) is 30.6 Å². The molecule has 0 spiro atoms. The lowest BCUT2D eigenvalue weighted by Crippen LogP contribution is -2.32. The summed E-state index contributed by atoms with van der Waals surface area (Å²) in [4.78, 5) is 2.32. The Morgan fingerprint density at radius 1 is 1.33 bits per heavy atom. The Morgan fingerprint density at radius 3 is 2.61 bits per heavy atom. The number of hydrogen-bond donors (Lipinski definition) is 1. The van der Waals surface area contributed by atoms with Gasteiger partial charge in [0, 0.05) is 18.3 Å². The quantitative estimate of drug-likeness (QED) is 0.821. The molecule has 0 saturated heterocycles. The van der Waals surface area contributed by atoms with Gasteiger partial charge in [-0.1, -0.05) is 24.3 Å². The fourth-order valence-electron chi connectivity index (χ4n) is 2.03. The van der Waals surface area contributed by atoms with Crippen LogP contribution in [0.4, 0.5) is 0 Å². The van der Waals surface area contributed by atoms with Crippen LogP contribution in [0, 0.1) is 6.92 Å². The molecule has 1 aromatic rings. The number of aliphatic hydroxyl groups is 1. The van der Waals surface area contributed by atoms with Crippen LogP contribution in [0.15, 0.2) is 24.3 Å². The van der Waals surface area contributed by atoms with E-state index in [0.717, 1.165) is 24.3 Å². The fourth-order valence-corrected chi connectivity index (χ4v) is 2.77. The Bertz CT molecular complexity index is 356. The van der Waals surface area contributed by atoms with Gasteiger partial charge in [-0.15, -0.1) is 0 Å². The van der Waals surface area contributed by atoms with Crippen molar-refractivity contribution in [2.75, 3.05) is 25.6 Å². The normalized spacial score (nSPS) is 14.8. The molecule has 0 amide bonds. The smallest absolute Gasteiger partial charge is 0.0804 e. The molecule has 18 heavy (non-hydrogen) atoms. The van der Waals surface area contributed by atoms with Crippen LogP contribution in [-0.4, -0.2) is 41.6 Å². The van der Waals surface area contributed by atoms with Crippen molar-refractivity contribution in [1.82, 2.24) is 4.90 Å². The van der Waals surface area contributed by atoms with Crippen LogP contribution in [0.25, 0.3) is 0 Å². The highest BCUT2D eigenvalue weighted by Gasteiger charge is 2.13. The van der Waals surface area contributed by atoms with Crippen molar-refractivity contribution >= 4 is 11.8 Å². The number of benzene rings is 1. The maximum atomic E-state index is 10.2. The van der Waals surface area contributed by atoms with Crippen molar-refractivity contribution in [2.45, 2.75) is 32.4 Å². The minimum Gasteiger partial charge on any atom is -0.388 e. The summed E-state index contributed by atoms with van der Waals surface area (Å²) in [6, 6.07) is 8.64. The second-order valence-electron chi connectivity index (χ2n) is 4.95. The minimum atomic E-state index is -0.352. The van der Waals surface area contributed by atoms with E-state index in [-0.39, 0.29) is 6.10 Å². The molecule has 3 heteroatoms. The van der Waals surface area contributed by atoms with E-state index in [0.29, 0.717) is 6.04 Å². The summed E-state index contributed by atoms with van der Waals surface area (Å²) in [5, 5.41) is 10.2. The molecule has 0 aliphatic carbocycles. The Balaban J connectivity index is 2.46. The van der Waals surface area contributed by atoms with Gasteiger partial charge < -0.3 is 10.0 Å². The lowest BCUT2D eigenvalue weighted by Gasteiger charge is -2.25. The maximum absolute atomic E-state index is 10.2. The molecular formula is C15H25NOS. The summed E-state index contributed by atoms with van der Waals surface area (Å²) in [6.45, 7) is 5.21. The zero-order valence-corrected chi connectivity index (χ0v) is 12.7. The van der Waals surface area contributed by atoms with Crippen LogP contribution < -0.4 is 0 Å². The summed E-state index contributed by atoms with van der Waals surface area (Å²) in [5.41, 5.74) is 2.23. The van der Waals surface area contributed by atoms with E-state index in [1.165, 1.54) is 5.56 Å². The summed E-state index contributed by atoms with van der Waals surface area (Å²) < 4.78 is 0. The second kappa shape index (κ2) is 7.82. The monoisotopic (exact) mass is 267 g/mol. The predicted molar refractivity (Wildman–Crippen MR) is 81.2 cm³/mol. The van der Waals surface area contributed by atoms with Gasteiger partial charge in [-0.05, 0) is 44.7 Å². The van der Waals surface area contributed by atoms with Gasteiger partial charge in [0.2, 0.25) is 0 Å². The van der Waals surface area contributed by atoms with Gasteiger partial charge in [-0.3, -0.25) is 0 Å². The number of rotatable bonds is 7. The van der Waals surface area contributed by atoms with Gasteiger partial charge in [-0.25, -0.2) is 0 Å². The lowest BCUT2D eigenvalue weighted by molar-refractivity contribution is 0.141. The second-order valence-corrected chi connectivity index (χ2v) is 5.86. The average Bonchev–Trinajstić information content (AvgIpc) is 2.36. The van der Waals surface area contributed by atoms with Gasteiger partial charge >= 0.3 is 0 Å². The maximum Gasteiger partial charge on any atom is 0.0804 e. The standard InChI is InChI=1S/C15H25NOS/c1-12-7-5-6-8-14(12)15(17)9-10-16(3)13(2)11-18-4/h5-8,13,15,17H,9-11H2,1-4H3. The number of aliphatic hydroxyl groups excluding tert-OH is 1. The highest BCUT2D eigenvalue weighted by molar-refractivity contribution is 7.98. The van der Waals surface area contributed by atoms with E-state index in [1.807, 2.05) is 30.0 Å². The SMILES string of the molecule is CSCC(C)N(C)CCC(O)c1ccccc1C. The molecule has 0 aliphatic rings. The van der Waals surface area contributed by atoms with E-state index in [2.05, 4.69) is 38.1 Å². The van der Waals surface area contributed by atoms with Crippen LogP contribution in [0.5, 0.6) is 0 Å². The molecule has 0 heterocycles. The lowest BCUT2D eigenvalue weighted by atomic mass is 10.0. The van der Waals surface area contributed by atoms with Crippen LogP contribution in [0.2, 0.25) is 0 Å². The molecule has 102 valence electrons. The van der Waals surface area contributed by atoms with Gasteiger partial charge in [-0.2, -0.15) is 11.8 Å². The van der Waals surface area contributed by atoms with E-state index in [4.69, 9.17) is 0 Å². The highest BCUT2D eigenvalue weighted by atomic mass is 32.2. The van der Waals surface area contributed by atoms with E-state index < -0.39 is 0 Å². The van der Waals surface area contributed by atoms with Crippen LogP contribution in [0.3, 0.4) is 0 Å². The Labute approximate surface area is 115 Å². The third-order valence-electron chi connectivity index (χ3n) is 3.46. The summed E-state index contributed by atoms with van der Waals surface area (Å²) in [5.74, 6) is 1.14. The molecule has 2 nitrogen and oxygen atoms in total. The number of aryl methyl sites for hydroxylation is 1. The van der Waals surface area contributed by atoms with Crippen LogP contribution in [-0.2, 0) is 0 Å². The molecule has 1 N–H and O–H groups in total. The molecule has 0 radical (unpaired) electrons. The van der Waals surface area contributed by atoms with Crippen molar-refractivity contribution in [3.8, 4) is 0 Å². The first-order chi connectivity index (χ1) is 8.56. The van der Waals surface area contributed by atoms with E-state index >= 15 is 0 Å². The largest absolute Gasteiger partial charge is 0.388 e. The van der Waals surface area contributed by atoms with Crippen LogP contribution >= 0.6 is 11.8 Å². The van der Waals surface area contributed by atoms with E-state index in [1.54, 1.807) is 0 Å². The van der Waals surface area contributed by atoms with Gasteiger partial charge in [0.25, 0.3) is 0 Å². The summed E-state index contributed by atoms with van der Waals surface area (Å²) >= 11 is 1.87. The van der Waals surface area contributed by atoms with Gasteiger partial charge in [0.1, 0.15) is 0 Å². The molecule has 2 atom stereocenters. The molecule has 0 saturated carbocycles. The first-order valence-corrected chi connectivity index (χ1v) is 7.88. The Hall–Kier alpha value is -0.510. The average molecular weight is 267 g/mol. The van der Waals surface area contributed by atoms with Gasteiger partial charge in [0.05, 0.1) is 6.10 Å². The highest BCUT2D eigenvalue weighted by Crippen LogP contribution is 2.20. The first kappa shape index (κ1) is 15.5. The number of thioether (sulfide) groups is 1. The molecule has 0 aliphatic heterocycles. The van der Waals surface area contributed by atoms with E-state index in [9.17, 15) is 5.11 Å². The van der Waals surface area contributed by atoms with Crippen molar-refractivity contribution in [2.24, 2.45) is 0 Å². The topological polar surface area (TPSA) is 23.5 Å². The van der Waals surface area contributed by atoms with Crippen molar-refractivity contribution in [3.05, 3.63) is 35.4 Å². The van der Waals surface area contributed by atoms with Crippen molar-refractivity contribution < 1.29 is 5.11 Å². The first-order valence-electron chi connectivity index (χ1n) is 6.49. The zero-order chi connectivity index (χ0) is 13.5. The molecule has 1 aromatic carbocycles. The molecule has 1 rings (SSSR count). The zero-order valence-electron chi connectivity index (χ0n) is 11.9. The number of hydrogen-bond acceptors (Lipinski definition) is 3. The fraction of sp³-hybridized carbons (Fsp3) is 0.600. The third kappa shape index (κ3) is 4.63. The molecule has 0 fully saturated rings. The molecular weight excluding hydrogens is 242 g/mol. The summed E-state index contributed by atoms with van der Waals surface area (Å²) in [6.07, 6.45) is 2.57. The molecule has 0 aromatic heterocycles. The molecule has 2 unspecified atom stereocenters. The summed E-state index contributed by atoms with van der Waals surface area (Å²) in [7, 11) is 2.13. The number of nitrogens with zero attached hydrogens (tertiary/aromatic N) is 1. The predicted octanol–water partition coefficient (Wildman–Crippen LogP) is 3.10. The third-order valence-corrected chi connectivity index (χ3v) is 4.28. The van der Waals surface area contributed by atoms with Crippen molar-refractivity contribution in [3.63, 3.8) is 0 Å².